The lowest BCUT2D eigenvalue weighted by Crippen LogP contribution is -2.48. The van der Waals surface area contributed by atoms with E-state index in [1.807, 2.05) is 36.9 Å². The number of halogens is 4. The van der Waals surface area contributed by atoms with Crippen molar-refractivity contribution in [3.05, 3.63) is 98.1 Å². The average molecular weight is 504 g/mol. The Kier molecular flexibility index (Phi) is 7.44. The molecular formula is C26H24F4N2O4. The summed E-state index contributed by atoms with van der Waals surface area (Å²) in [6, 6.07) is 7.38. The lowest BCUT2D eigenvalue weighted by atomic mass is 10.1. The number of hydrogen-bond donors (Lipinski definition) is 0. The number of nitrogens with zero attached hydrogens (tertiary/aromatic N) is 2. The molecule has 0 bridgehead atoms. The van der Waals surface area contributed by atoms with Crippen molar-refractivity contribution in [2.24, 2.45) is 0 Å². The Balaban J connectivity index is 1.34. The van der Waals surface area contributed by atoms with Crippen LogP contribution in [0.4, 0.5) is 17.6 Å². The number of aryl methyl sites for hydroxylation is 2. The van der Waals surface area contributed by atoms with Gasteiger partial charge in [-0.15, -0.1) is 0 Å². The fraction of sp³-hybridized carbons (Fsp3) is 0.308. The molecule has 0 atom stereocenters. The topological polar surface area (TPSA) is 63.0 Å². The van der Waals surface area contributed by atoms with Gasteiger partial charge in [-0.05, 0) is 19.4 Å². The summed E-state index contributed by atoms with van der Waals surface area (Å²) in [6.07, 6.45) is 1.25. The van der Waals surface area contributed by atoms with E-state index in [0.717, 1.165) is 21.6 Å². The van der Waals surface area contributed by atoms with E-state index < -0.39 is 34.7 Å². The summed E-state index contributed by atoms with van der Waals surface area (Å²) < 4.78 is 66.1. The maximum Gasteiger partial charge on any atom is 0.260 e. The van der Waals surface area contributed by atoms with Gasteiger partial charge in [-0.25, -0.2) is 17.6 Å². The average Bonchev–Trinajstić information content (AvgIpc) is 2.82. The second kappa shape index (κ2) is 10.5. The summed E-state index contributed by atoms with van der Waals surface area (Å²) in [5.74, 6) is -7.37. The lowest BCUT2D eigenvalue weighted by Gasteiger charge is -2.34. The van der Waals surface area contributed by atoms with Gasteiger partial charge in [0.25, 0.3) is 5.91 Å². The maximum absolute atomic E-state index is 14.0. The standard InChI is InChI=1S/C26H24F4N2O4/c1-15-7-16(2)9-17(8-15)13-36-22-14-35-18(10-21(22)33)12-31-3-5-32(6-4-31)26(34)23-24(29)19(27)11-20(28)25(23)30/h7-11,14H,3-6,12-13H2,1-2H3. The van der Waals surface area contributed by atoms with Crippen LogP contribution in [0.1, 0.15) is 32.8 Å². The predicted molar refractivity (Wildman–Crippen MR) is 123 cm³/mol. The largest absolute Gasteiger partial charge is 0.482 e. The molecule has 0 N–H and O–H groups in total. The quantitative estimate of drug-likeness (QED) is 0.369. The van der Waals surface area contributed by atoms with E-state index in [1.54, 1.807) is 0 Å². The second-order valence-electron chi connectivity index (χ2n) is 8.77. The molecule has 1 aliphatic rings. The van der Waals surface area contributed by atoms with E-state index in [4.69, 9.17) is 9.15 Å². The maximum atomic E-state index is 14.0. The van der Waals surface area contributed by atoms with Crippen molar-refractivity contribution in [1.29, 1.82) is 0 Å². The van der Waals surface area contributed by atoms with E-state index in [1.165, 1.54) is 12.3 Å². The van der Waals surface area contributed by atoms with Crippen molar-refractivity contribution in [3.8, 4) is 5.75 Å². The van der Waals surface area contributed by atoms with Gasteiger partial charge in [-0.1, -0.05) is 29.3 Å². The molecule has 1 aromatic heterocycles. The first-order valence-corrected chi connectivity index (χ1v) is 11.3. The molecule has 0 radical (unpaired) electrons. The van der Waals surface area contributed by atoms with Gasteiger partial charge in [-0.2, -0.15) is 0 Å². The van der Waals surface area contributed by atoms with E-state index in [-0.39, 0.29) is 43.5 Å². The Labute approximate surface area is 204 Å². The van der Waals surface area contributed by atoms with Crippen LogP contribution in [0.25, 0.3) is 0 Å². The lowest BCUT2D eigenvalue weighted by molar-refractivity contribution is 0.0607. The van der Waals surface area contributed by atoms with Gasteiger partial charge < -0.3 is 14.1 Å². The first-order valence-electron chi connectivity index (χ1n) is 11.3. The molecule has 10 heteroatoms. The highest BCUT2D eigenvalue weighted by Crippen LogP contribution is 2.22. The molecule has 1 aliphatic heterocycles. The number of carbonyl (C=O) groups is 1. The summed E-state index contributed by atoms with van der Waals surface area (Å²) in [5.41, 5.74) is 1.54. The molecule has 1 amide bonds. The summed E-state index contributed by atoms with van der Waals surface area (Å²) >= 11 is 0. The Morgan fingerprint density at radius 1 is 0.917 bits per heavy atom. The van der Waals surface area contributed by atoms with Crippen molar-refractivity contribution in [1.82, 2.24) is 9.80 Å². The van der Waals surface area contributed by atoms with Crippen LogP contribution < -0.4 is 10.2 Å². The molecule has 0 spiro atoms. The van der Waals surface area contributed by atoms with Gasteiger partial charge in [0.2, 0.25) is 11.2 Å². The molecule has 2 aromatic carbocycles. The number of benzene rings is 2. The Morgan fingerprint density at radius 2 is 1.53 bits per heavy atom. The van der Waals surface area contributed by atoms with Crippen molar-refractivity contribution >= 4 is 5.91 Å². The minimum absolute atomic E-state index is 0.0625. The fourth-order valence-electron chi connectivity index (χ4n) is 4.19. The van der Waals surface area contributed by atoms with Gasteiger partial charge in [0.1, 0.15) is 24.2 Å². The smallest absolute Gasteiger partial charge is 0.260 e. The molecule has 36 heavy (non-hydrogen) atoms. The second-order valence-corrected chi connectivity index (χ2v) is 8.77. The molecule has 1 saturated heterocycles. The van der Waals surface area contributed by atoms with Crippen molar-refractivity contribution in [2.75, 3.05) is 26.2 Å². The van der Waals surface area contributed by atoms with Crippen LogP contribution in [-0.2, 0) is 13.2 Å². The molecule has 3 aromatic rings. The molecule has 0 aliphatic carbocycles. The normalized spacial score (nSPS) is 14.2. The highest BCUT2D eigenvalue weighted by Gasteiger charge is 2.30. The van der Waals surface area contributed by atoms with Gasteiger partial charge in [-0.3, -0.25) is 14.5 Å². The van der Waals surface area contributed by atoms with Crippen LogP contribution in [-0.4, -0.2) is 41.9 Å². The summed E-state index contributed by atoms with van der Waals surface area (Å²) in [6.45, 7) is 5.16. The molecular weight excluding hydrogens is 480 g/mol. The first kappa shape index (κ1) is 25.4. The zero-order valence-electron chi connectivity index (χ0n) is 19.7. The van der Waals surface area contributed by atoms with E-state index in [9.17, 15) is 27.2 Å². The number of piperazine rings is 1. The minimum Gasteiger partial charge on any atom is -0.482 e. The van der Waals surface area contributed by atoms with Gasteiger partial charge >= 0.3 is 0 Å². The third-order valence-corrected chi connectivity index (χ3v) is 5.89. The molecule has 0 unspecified atom stereocenters. The highest BCUT2D eigenvalue weighted by molar-refractivity contribution is 5.95. The monoisotopic (exact) mass is 504 g/mol. The Hall–Kier alpha value is -3.66. The van der Waals surface area contributed by atoms with Crippen molar-refractivity contribution < 1.29 is 31.5 Å². The van der Waals surface area contributed by atoms with Crippen LogP contribution in [0.15, 0.2) is 45.8 Å². The Bertz CT molecular complexity index is 1300. The third kappa shape index (κ3) is 5.59. The molecule has 2 heterocycles. The van der Waals surface area contributed by atoms with Crippen LogP contribution in [0.3, 0.4) is 0 Å². The highest BCUT2D eigenvalue weighted by atomic mass is 19.2. The van der Waals surface area contributed by atoms with Crippen LogP contribution in [0.2, 0.25) is 0 Å². The van der Waals surface area contributed by atoms with Crippen molar-refractivity contribution in [2.45, 2.75) is 27.0 Å². The number of hydrogen-bond acceptors (Lipinski definition) is 5. The number of carbonyl (C=O) groups excluding carboxylic acids is 1. The van der Waals surface area contributed by atoms with Gasteiger partial charge in [0.15, 0.2) is 23.3 Å². The predicted octanol–water partition coefficient (Wildman–Crippen LogP) is 4.35. The van der Waals surface area contributed by atoms with Crippen LogP contribution >= 0.6 is 0 Å². The molecule has 6 nitrogen and oxygen atoms in total. The number of rotatable bonds is 6. The van der Waals surface area contributed by atoms with Crippen LogP contribution in [0, 0.1) is 37.1 Å². The van der Waals surface area contributed by atoms with Crippen molar-refractivity contribution in [3.63, 3.8) is 0 Å². The SMILES string of the molecule is Cc1cc(C)cc(COc2coc(CN3CCN(C(=O)c4c(F)c(F)cc(F)c4F)CC3)cc2=O)c1. The number of ether oxygens (including phenoxy) is 1. The summed E-state index contributed by atoms with van der Waals surface area (Å²) in [5, 5.41) is 0. The fourth-order valence-corrected chi connectivity index (χ4v) is 4.19. The van der Waals surface area contributed by atoms with E-state index >= 15 is 0 Å². The molecule has 0 saturated carbocycles. The Morgan fingerprint density at radius 3 is 2.11 bits per heavy atom. The molecule has 190 valence electrons. The first-order chi connectivity index (χ1) is 17.1. The zero-order chi connectivity index (χ0) is 26.0. The zero-order valence-corrected chi connectivity index (χ0v) is 19.7. The minimum atomic E-state index is -1.72. The van der Waals surface area contributed by atoms with E-state index in [2.05, 4.69) is 0 Å². The molecule has 4 rings (SSSR count). The van der Waals surface area contributed by atoms with E-state index in [0.29, 0.717) is 18.8 Å². The van der Waals surface area contributed by atoms with Gasteiger partial charge in [0, 0.05) is 38.3 Å². The summed E-state index contributed by atoms with van der Waals surface area (Å²) in [4.78, 5) is 28.0. The van der Waals surface area contributed by atoms with Crippen LogP contribution in [0.5, 0.6) is 5.75 Å². The summed E-state index contributed by atoms with van der Waals surface area (Å²) in [7, 11) is 0. The van der Waals surface area contributed by atoms with Gasteiger partial charge in [0.05, 0.1) is 6.54 Å². The third-order valence-electron chi connectivity index (χ3n) is 5.89. The number of amides is 1. The molecule has 1 fully saturated rings.